The summed E-state index contributed by atoms with van der Waals surface area (Å²) in [6.45, 7) is 12.3. The standard InChI is InChI=1S/2C19H17N7O.C10H13N5.C9H6N2O2/c2*1-12(2)26-11-22-25-18(26)15-4-3-5-17(23-15)24-19(27)13-6-7-14-16(10-13)21-9-8-20-14;1-7(2)15-6-12-14-10(15)8-4-3-5-9(11)13-8;12-9(13)6-1-2-7-8(5-6)11-4-3-10-7/h2*3-12H,1-2H3,(H,23,24,27);3-7H,1-2H3,(H2,11,13);1-5H,(H,12,13). The van der Waals surface area contributed by atoms with Gasteiger partial charge in [-0.05, 0) is 133 Å². The lowest BCUT2D eigenvalue weighted by molar-refractivity contribution is 0.0696. The molecule has 0 atom stereocenters. The van der Waals surface area contributed by atoms with Gasteiger partial charge in [-0.25, -0.2) is 19.7 Å². The van der Waals surface area contributed by atoms with Gasteiger partial charge in [-0.3, -0.25) is 39.5 Å². The number of aromatic carboxylic acids is 1. The zero-order valence-corrected chi connectivity index (χ0v) is 45.1. The van der Waals surface area contributed by atoms with E-state index < -0.39 is 5.97 Å². The molecule has 0 saturated carbocycles. The number of amides is 2. The van der Waals surface area contributed by atoms with Gasteiger partial charge in [0.2, 0.25) is 0 Å². The van der Waals surface area contributed by atoms with Crippen molar-refractivity contribution in [3.63, 3.8) is 0 Å². The highest BCUT2D eigenvalue weighted by molar-refractivity contribution is 6.06. The van der Waals surface area contributed by atoms with Crippen molar-refractivity contribution in [3.8, 4) is 34.6 Å². The van der Waals surface area contributed by atoms with E-state index in [0.717, 1.165) is 22.6 Å². The Morgan fingerprint density at radius 3 is 1.11 bits per heavy atom. The number of pyridine rings is 3. The summed E-state index contributed by atoms with van der Waals surface area (Å²) in [4.78, 5) is 73.9. The maximum atomic E-state index is 12.6. The Hall–Kier alpha value is -11.2. The molecule has 0 aliphatic carbocycles. The first kappa shape index (κ1) is 55.5. The number of nitrogens with one attached hydrogen (secondary N) is 2. The van der Waals surface area contributed by atoms with Crippen LogP contribution in [0, 0.1) is 0 Å². The molecule has 0 unspecified atom stereocenters. The highest BCUT2D eigenvalue weighted by atomic mass is 16.4. The van der Waals surface area contributed by atoms with Crippen LogP contribution in [0.15, 0.2) is 165 Å². The molecule has 25 nitrogen and oxygen atoms in total. The summed E-state index contributed by atoms with van der Waals surface area (Å²) in [6.07, 6.45) is 14.6. The third-order valence-corrected chi connectivity index (χ3v) is 12.0. The van der Waals surface area contributed by atoms with Crippen molar-refractivity contribution >= 4 is 68.3 Å². The van der Waals surface area contributed by atoms with Crippen LogP contribution in [0.1, 0.15) is 90.7 Å². The summed E-state index contributed by atoms with van der Waals surface area (Å²) >= 11 is 0. The van der Waals surface area contributed by atoms with E-state index in [-0.39, 0.29) is 29.5 Å². The average Bonchev–Trinajstić information content (AvgIpc) is 4.38. The number of nitrogen functional groups attached to an aromatic ring is 1. The van der Waals surface area contributed by atoms with Crippen LogP contribution < -0.4 is 16.4 Å². The fraction of sp³-hybridized carbons (Fsp3) is 0.158. The minimum Gasteiger partial charge on any atom is -0.478 e. The van der Waals surface area contributed by atoms with Gasteiger partial charge in [-0.1, -0.05) is 18.2 Å². The van der Waals surface area contributed by atoms with E-state index in [1.807, 2.05) is 77.8 Å². The van der Waals surface area contributed by atoms with Crippen LogP contribution in [0.25, 0.3) is 67.7 Å². The molecule has 0 radical (unpaired) electrons. The molecule has 0 aliphatic heterocycles. The topological polar surface area (TPSA) is 330 Å². The molecule has 25 heteroatoms. The first-order valence-corrected chi connectivity index (χ1v) is 25.5. The second-order valence-electron chi connectivity index (χ2n) is 18.7. The van der Waals surface area contributed by atoms with Crippen molar-refractivity contribution in [2.45, 2.75) is 59.7 Å². The molecule has 12 rings (SSSR count). The quantitative estimate of drug-likeness (QED) is 0.0937. The SMILES string of the molecule is CC(C)n1cnnc1-c1cccc(N)n1.CC(C)n1cnnc1-c1cccc(NC(=O)c2ccc3nccnc3c2)n1.CC(C)n1cnnc1-c1cccc(NC(=O)c2ccc3nccnc3c2)n1.O=C(O)c1ccc2nccnc2c1. The average molecular weight is 1100 g/mol. The smallest absolute Gasteiger partial charge is 0.335 e. The molecule has 2 amide bonds. The summed E-state index contributed by atoms with van der Waals surface area (Å²) in [5.41, 5.74) is 13.0. The summed E-state index contributed by atoms with van der Waals surface area (Å²) in [5.74, 6) is 1.94. The van der Waals surface area contributed by atoms with Crippen molar-refractivity contribution < 1.29 is 19.5 Å². The molecule has 5 N–H and O–H groups in total. The second kappa shape index (κ2) is 25.5. The van der Waals surface area contributed by atoms with E-state index in [2.05, 4.69) is 99.9 Å². The first-order valence-electron chi connectivity index (χ1n) is 25.5. The number of nitrogens with zero attached hydrogens (tertiary/aromatic N) is 18. The van der Waals surface area contributed by atoms with Crippen LogP contribution in [-0.4, -0.2) is 112 Å². The summed E-state index contributed by atoms with van der Waals surface area (Å²) < 4.78 is 5.81. The zero-order chi connectivity index (χ0) is 57.7. The number of carbonyl (C=O) groups is 3. The molecule has 0 saturated heterocycles. The number of hydrogen-bond donors (Lipinski definition) is 4. The monoisotopic (exact) mass is 1100 g/mol. The number of fused-ring (bicyclic) bond motifs is 3. The third kappa shape index (κ3) is 13.5. The van der Waals surface area contributed by atoms with Crippen LogP contribution in [0.2, 0.25) is 0 Å². The minimum absolute atomic E-state index is 0.203. The van der Waals surface area contributed by atoms with Crippen LogP contribution in [-0.2, 0) is 0 Å². The molecule has 12 aromatic rings. The highest BCUT2D eigenvalue weighted by Gasteiger charge is 2.17. The van der Waals surface area contributed by atoms with E-state index >= 15 is 0 Å². The first-order chi connectivity index (χ1) is 39.7. The van der Waals surface area contributed by atoms with Crippen LogP contribution in [0.3, 0.4) is 0 Å². The van der Waals surface area contributed by atoms with Gasteiger partial charge in [0.25, 0.3) is 11.8 Å². The van der Waals surface area contributed by atoms with E-state index in [1.54, 1.807) is 111 Å². The zero-order valence-electron chi connectivity index (χ0n) is 45.1. The fourth-order valence-corrected chi connectivity index (χ4v) is 7.93. The van der Waals surface area contributed by atoms with Gasteiger partial charge in [0.05, 0.1) is 38.7 Å². The number of nitrogens with two attached hydrogens (primary N) is 1. The van der Waals surface area contributed by atoms with Gasteiger partial charge in [0, 0.05) is 66.4 Å². The normalized spacial score (nSPS) is 10.9. The molecular weight excluding hydrogens is 1040 g/mol. The predicted octanol–water partition coefficient (Wildman–Crippen LogP) is 9.06. The van der Waals surface area contributed by atoms with Gasteiger partial charge >= 0.3 is 5.97 Å². The van der Waals surface area contributed by atoms with Gasteiger partial charge in [-0.2, -0.15) is 0 Å². The second-order valence-corrected chi connectivity index (χ2v) is 18.7. The van der Waals surface area contributed by atoms with Crippen molar-refractivity contribution in [1.29, 1.82) is 0 Å². The molecular formula is C57H53N21O4. The number of benzene rings is 3. The van der Waals surface area contributed by atoms with Gasteiger partial charge in [-0.15, -0.1) is 30.6 Å². The largest absolute Gasteiger partial charge is 0.478 e. The van der Waals surface area contributed by atoms with Crippen LogP contribution in [0.4, 0.5) is 17.5 Å². The number of carbonyl (C=O) groups excluding carboxylic acids is 2. The molecule has 410 valence electrons. The molecule has 82 heavy (non-hydrogen) atoms. The Balaban J connectivity index is 0.000000138. The minimum atomic E-state index is -0.951. The number of aromatic nitrogens is 18. The lowest BCUT2D eigenvalue weighted by Gasteiger charge is -2.10. The number of carboxylic acids is 1. The Morgan fingerprint density at radius 2 is 0.756 bits per heavy atom. The maximum Gasteiger partial charge on any atom is 0.335 e. The molecule has 9 heterocycles. The van der Waals surface area contributed by atoms with Gasteiger partial charge in [0.15, 0.2) is 17.5 Å². The summed E-state index contributed by atoms with van der Waals surface area (Å²) in [5, 5.41) is 38.5. The van der Waals surface area contributed by atoms with Crippen molar-refractivity contribution in [3.05, 3.63) is 182 Å². The van der Waals surface area contributed by atoms with E-state index in [4.69, 9.17) is 10.8 Å². The summed E-state index contributed by atoms with van der Waals surface area (Å²) in [7, 11) is 0. The molecule has 0 fully saturated rings. The molecule has 0 bridgehead atoms. The third-order valence-electron chi connectivity index (χ3n) is 12.0. The van der Waals surface area contributed by atoms with E-state index in [9.17, 15) is 14.4 Å². The van der Waals surface area contributed by atoms with E-state index in [1.165, 1.54) is 18.3 Å². The van der Waals surface area contributed by atoms with Crippen molar-refractivity contribution in [1.82, 2.24) is 89.1 Å². The Labute approximate surface area is 468 Å². The van der Waals surface area contributed by atoms with Crippen LogP contribution in [0.5, 0.6) is 0 Å². The number of rotatable bonds is 11. The fourth-order valence-electron chi connectivity index (χ4n) is 7.93. The highest BCUT2D eigenvalue weighted by Crippen LogP contribution is 2.23. The van der Waals surface area contributed by atoms with Gasteiger partial charge < -0.3 is 35.2 Å². The Kier molecular flexibility index (Phi) is 17.3. The molecule has 9 aromatic heterocycles. The number of anilines is 3. The number of carboxylic acid groups (broad SMARTS) is 1. The maximum absolute atomic E-state index is 12.6. The molecule has 0 aliphatic rings. The number of hydrogen-bond acceptors (Lipinski definition) is 19. The lowest BCUT2D eigenvalue weighted by Crippen LogP contribution is -2.13. The van der Waals surface area contributed by atoms with Gasteiger partial charge in [0.1, 0.15) is 53.5 Å². The van der Waals surface area contributed by atoms with Crippen LogP contribution >= 0.6 is 0 Å². The lowest BCUT2D eigenvalue weighted by atomic mass is 10.2. The Morgan fingerprint density at radius 1 is 0.427 bits per heavy atom. The van der Waals surface area contributed by atoms with E-state index in [0.29, 0.717) is 79.7 Å². The van der Waals surface area contributed by atoms with Crippen molar-refractivity contribution in [2.75, 3.05) is 16.4 Å². The molecule has 3 aromatic carbocycles. The Bertz CT molecular complexity index is 4020. The van der Waals surface area contributed by atoms with Crippen molar-refractivity contribution in [2.24, 2.45) is 0 Å². The molecule has 0 spiro atoms. The summed E-state index contributed by atoms with van der Waals surface area (Å²) in [6, 6.07) is 32.0. The predicted molar refractivity (Wildman–Crippen MR) is 307 cm³/mol.